The van der Waals surface area contributed by atoms with Crippen LogP contribution in [0.15, 0.2) is 0 Å². The molecular formula is C16H29BrO. The summed E-state index contributed by atoms with van der Waals surface area (Å²) in [6, 6.07) is 0. The van der Waals surface area contributed by atoms with Gasteiger partial charge in [0.15, 0.2) is 0 Å². The van der Waals surface area contributed by atoms with Gasteiger partial charge in [-0.15, -0.1) is 0 Å². The zero-order valence-electron chi connectivity index (χ0n) is 12.3. The van der Waals surface area contributed by atoms with Crippen molar-refractivity contribution in [3.8, 4) is 0 Å². The van der Waals surface area contributed by atoms with E-state index in [-0.39, 0.29) is 5.60 Å². The van der Waals surface area contributed by atoms with E-state index < -0.39 is 0 Å². The van der Waals surface area contributed by atoms with E-state index in [1.807, 2.05) is 0 Å². The molecule has 2 bridgehead atoms. The Hall–Kier alpha value is 0.440. The Balaban J connectivity index is 1.94. The Labute approximate surface area is 121 Å². The lowest BCUT2D eigenvalue weighted by Crippen LogP contribution is -2.53. The largest absolute Gasteiger partial charge is 0.373 e. The third kappa shape index (κ3) is 2.28. The molecule has 0 amide bonds. The second-order valence-electron chi connectivity index (χ2n) is 6.86. The van der Waals surface area contributed by atoms with E-state index in [0.29, 0.717) is 5.41 Å². The fraction of sp³-hybridized carbons (Fsp3) is 1.00. The van der Waals surface area contributed by atoms with Gasteiger partial charge in [-0.3, -0.25) is 0 Å². The fourth-order valence-electron chi connectivity index (χ4n) is 4.34. The molecule has 0 aliphatic heterocycles. The van der Waals surface area contributed by atoms with Gasteiger partial charge in [-0.1, -0.05) is 56.0 Å². The van der Waals surface area contributed by atoms with Crippen LogP contribution in [0.1, 0.15) is 65.7 Å². The summed E-state index contributed by atoms with van der Waals surface area (Å²) in [6.45, 7) is 8.09. The number of unbranched alkanes of at least 4 members (excludes halogenated alkanes) is 3. The van der Waals surface area contributed by atoms with Crippen LogP contribution in [-0.4, -0.2) is 17.5 Å². The average Bonchev–Trinajstić information content (AvgIpc) is 2.90. The second kappa shape index (κ2) is 5.83. The molecular weight excluding hydrogens is 288 g/mol. The Bertz CT molecular complexity index is 276. The highest BCUT2D eigenvalue weighted by molar-refractivity contribution is 9.09. The molecule has 2 heteroatoms. The smallest absolute Gasteiger partial charge is 0.0860 e. The molecule has 0 aromatic rings. The highest BCUT2D eigenvalue weighted by Crippen LogP contribution is 2.63. The topological polar surface area (TPSA) is 9.23 Å². The Morgan fingerprint density at radius 1 is 1.11 bits per heavy atom. The zero-order chi connectivity index (χ0) is 13.2. The van der Waals surface area contributed by atoms with Crippen LogP contribution < -0.4 is 0 Å². The summed E-state index contributed by atoms with van der Waals surface area (Å²) in [4.78, 5) is 0. The predicted octanol–water partition coefficient (Wildman–Crippen LogP) is 5.17. The van der Waals surface area contributed by atoms with Crippen molar-refractivity contribution in [1.82, 2.24) is 0 Å². The quantitative estimate of drug-likeness (QED) is 0.465. The molecule has 0 spiro atoms. The van der Waals surface area contributed by atoms with E-state index in [1.54, 1.807) is 0 Å². The minimum absolute atomic E-state index is 0.113. The molecule has 2 saturated carbocycles. The van der Waals surface area contributed by atoms with Gasteiger partial charge in [0.1, 0.15) is 0 Å². The molecule has 3 unspecified atom stereocenters. The zero-order valence-corrected chi connectivity index (χ0v) is 13.9. The van der Waals surface area contributed by atoms with Crippen molar-refractivity contribution in [2.75, 3.05) is 11.9 Å². The van der Waals surface area contributed by atoms with E-state index in [4.69, 9.17) is 4.74 Å². The first-order valence-electron chi connectivity index (χ1n) is 7.78. The van der Waals surface area contributed by atoms with Gasteiger partial charge >= 0.3 is 0 Å². The lowest BCUT2D eigenvalue weighted by Gasteiger charge is -2.48. The molecule has 1 nitrogen and oxygen atoms in total. The maximum absolute atomic E-state index is 6.49. The van der Waals surface area contributed by atoms with E-state index in [9.17, 15) is 0 Å². The molecule has 0 radical (unpaired) electrons. The molecule has 0 aromatic carbocycles. The SMILES string of the molecule is CCCCCCOC1(CBr)C2CCC(C2)C1(C)C. The molecule has 3 atom stereocenters. The minimum Gasteiger partial charge on any atom is -0.373 e. The van der Waals surface area contributed by atoms with Crippen molar-refractivity contribution in [3.05, 3.63) is 0 Å². The van der Waals surface area contributed by atoms with Crippen LogP contribution in [0.5, 0.6) is 0 Å². The lowest BCUT2D eigenvalue weighted by molar-refractivity contribution is -0.137. The summed E-state index contributed by atoms with van der Waals surface area (Å²) in [5.41, 5.74) is 0.465. The van der Waals surface area contributed by atoms with Crippen molar-refractivity contribution in [2.45, 2.75) is 71.3 Å². The van der Waals surface area contributed by atoms with Crippen LogP contribution in [0.2, 0.25) is 0 Å². The van der Waals surface area contributed by atoms with Crippen LogP contribution in [0.25, 0.3) is 0 Å². The van der Waals surface area contributed by atoms with Crippen LogP contribution in [0.3, 0.4) is 0 Å². The third-order valence-corrected chi connectivity index (χ3v) is 6.59. The second-order valence-corrected chi connectivity index (χ2v) is 7.42. The minimum atomic E-state index is 0.113. The number of rotatable bonds is 7. The average molecular weight is 317 g/mol. The highest BCUT2D eigenvalue weighted by Gasteiger charge is 2.63. The first kappa shape index (κ1) is 14.8. The normalized spacial score (nSPS) is 37.3. The molecule has 0 heterocycles. The van der Waals surface area contributed by atoms with Crippen LogP contribution in [-0.2, 0) is 4.74 Å². The van der Waals surface area contributed by atoms with Gasteiger partial charge in [0.25, 0.3) is 0 Å². The monoisotopic (exact) mass is 316 g/mol. The molecule has 0 saturated heterocycles. The van der Waals surface area contributed by atoms with E-state index >= 15 is 0 Å². The van der Waals surface area contributed by atoms with Gasteiger partial charge in [0, 0.05) is 11.9 Å². The third-order valence-electron chi connectivity index (χ3n) is 5.76. The molecule has 2 aliphatic rings. The number of hydrogen-bond acceptors (Lipinski definition) is 1. The molecule has 2 rings (SSSR count). The maximum atomic E-state index is 6.49. The Kier molecular flexibility index (Phi) is 4.80. The summed E-state index contributed by atoms with van der Waals surface area (Å²) >= 11 is 3.77. The van der Waals surface area contributed by atoms with Gasteiger partial charge in [0.2, 0.25) is 0 Å². The van der Waals surface area contributed by atoms with Gasteiger partial charge in [0.05, 0.1) is 5.60 Å². The van der Waals surface area contributed by atoms with Gasteiger partial charge in [-0.05, 0) is 42.9 Å². The van der Waals surface area contributed by atoms with Crippen molar-refractivity contribution in [3.63, 3.8) is 0 Å². The van der Waals surface area contributed by atoms with Crippen LogP contribution in [0, 0.1) is 17.3 Å². The Morgan fingerprint density at radius 2 is 1.83 bits per heavy atom. The summed E-state index contributed by atoms with van der Waals surface area (Å²) in [6.07, 6.45) is 9.41. The molecule has 0 aromatic heterocycles. The first-order valence-corrected chi connectivity index (χ1v) is 8.90. The van der Waals surface area contributed by atoms with Gasteiger partial charge < -0.3 is 4.74 Å². The molecule has 2 fully saturated rings. The van der Waals surface area contributed by atoms with E-state index in [0.717, 1.165) is 23.8 Å². The molecule has 0 N–H and O–H groups in total. The van der Waals surface area contributed by atoms with Gasteiger partial charge in [-0.2, -0.15) is 0 Å². The standard InChI is InChI=1S/C16H29BrO/c1-4-5-6-7-10-18-16(12-17)14-9-8-13(11-14)15(16,2)3/h13-14H,4-12H2,1-3H3. The lowest BCUT2D eigenvalue weighted by atomic mass is 9.66. The number of alkyl halides is 1. The summed E-state index contributed by atoms with van der Waals surface area (Å²) in [7, 11) is 0. The van der Waals surface area contributed by atoms with Crippen molar-refractivity contribution < 1.29 is 4.74 Å². The number of fused-ring (bicyclic) bond motifs is 2. The molecule has 106 valence electrons. The molecule has 18 heavy (non-hydrogen) atoms. The number of hydrogen-bond donors (Lipinski definition) is 0. The van der Waals surface area contributed by atoms with Crippen molar-refractivity contribution >= 4 is 15.9 Å². The Morgan fingerprint density at radius 3 is 2.39 bits per heavy atom. The summed E-state index contributed by atoms with van der Waals surface area (Å²) < 4.78 is 6.49. The maximum Gasteiger partial charge on any atom is 0.0860 e. The highest BCUT2D eigenvalue weighted by atomic mass is 79.9. The van der Waals surface area contributed by atoms with E-state index in [2.05, 4.69) is 36.7 Å². The van der Waals surface area contributed by atoms with Gasteiger partial charge in [-0.25, -0.2) is 0 Å². The first-order chi connectivity index (χ1) is 8.58. The van der Waals surface area contributed by atoms with E-state index in [1.165, 1.54) is 44.9 Å². The van der Waals surface area contributed by atoms with Crippen LogP contribution >= 0.6 is 15.9 Å². The summed E-state index contributed by atoms with van der Waals surface area (Å²) in [5.74, 6) is 1.68. The number of ether oxygens (including phenoxy) is 1. The summed E-state index contributed by atoms with van der Waals surface area (Å²) in [5, 5.41) is 1.02. The van der Waals surface area contributed by atoms with Crippen molar-refractivity contribution in [2.24, 2.45) is 17.3 Å². The van der Waals surface area contributed by atoms with Crippen molar-refractivity contribution in [1.29, 1.82) is 0 Å². The number of halogens is 1. The molecule has 2 aliphatic carbocycles. The predicted molar refractivity (Wildman–Crippen MR) is 81.2 cm³/mol. The van der Waals surface area contributed by atoms with Crippen LogP contribution in [0.4, 0.5) is 0 Å². The fourth-order valence-corrected chi connectivity index (χ4v) is 5.68.